The van der Waals surface area contributed by atoms with Crippen LogP contribution in [0, 0.1) is 5.82 Å². The third-order valence-corrected chi connectivity index (χ3v) is 3.24. The summed E-state index contributed by atoms with van der Waals surface area (Å²) in [6.07, 6.45) is 2.03. The van der Waals surface area contributed by atoms with Gasteiger partial charge in [-0.15, -0.1) is 0 Å². The highest BCUT2D eigenvalue weighted by atomic mass is 35.5. The minimum atomic E-state index is -0.402. The SMILES string of the molecule is CC(C)(C)NCc1ccnc(Cc2cccc(Cl)c2F)n1. The number of aromatic nitrogens is 2. The lowest BCUT2D eigenvalue weighted by Crippen LogP contribution is -2.35. The summed E-state index contributed by atoms with van der Waals surface area (Å²) in [5.74, 6) is 0.186. The highest BCUT2D eigenvalue weighted by Gasteiger charge is 2.11. The molecule has 0 amide bonds. The Morgan fingerprint density at radius 2 is 2.00 bits per heavy atom. The van der Waals surface area contributed by atoms with E-state index in [1.54, 1.807) is 18.3 Å². The van der Waals surface area contributed by atoms with Crippen LogP contribution >= 0.6 is 11.6 Å². The van der Waals surface area contributed by atoms with E-state index in [4.69, 9.17) is 11.6 Å². The fourth-order valence-electron chi connectivity index (χ4n) is 1.84. The van der Waals surface area contributed by atoms with Gasteiger partial charge in [0.25, 0.3) is 0 Å². The molecule has 112 valence electrons. The summed E-state index contributed by atoms with van der Waals surface area (Å²) >= 11 is 5.79. The van der Waals surface area contributed by atoms with Gasteiger partial charge in [0, 0.05) is 24.7 Å². The lowest BCUT2D eigenvalue weighted by atomic mass is 10.1. The van der Waals surface area contributed by atoms with E-state index in [2.05, 4.69) is 36.1 Å². The summed E-state index contributed by atoms with van der Waals surface area (Å²) in [4.78, 5) is 8.66. The first-order chi connectivity index (χ1) is 9.85. The molecule has 1 aromatic heterocycles. The van der Waals surface area contributed by atoms with Gasteiger partial charge in [-0.1, -0.05) is 23.7 Å². The molecule has 2 rings (SSSR count). The molecule has 0 unspecified atom stereocenters. The van der Waals surface area contributed by atoms with Crippen LogP contribution in [0.2, 0.25) is 5.02 Å². The van der Waals surface area contributed by atoms with Crippen LogP contribution in [-0.4, -0.2) is 15.5 Å². The summed E-state index contributed by atoms with van der Waals surface area (Å²) in [6, 6.07) is 6.82. The van der Waals surface area contributed by atoms with E-state index >= 15 is 0 Å². The van der Waals surface area contributed by atoms with Crippen molar-refractivity contribution in [3.05, 3.63) is 58.4 Å². The molecule has 0 atom stereocenters. The number of nitrogens with one attached hydrogen (secondary N) is 1. The fraction of sp³-hybridized carbons (Fsp3) is 0.375. The third-order valence-electron chi connectivity index (χ3n) is 2.94. The number of hydrogen-bond donors (Lipinski definition) is 1. The van der Waals surface area contributed by atoms with Gasteiger partial charge in [0.05, 0.1) is 10.7 Å². The van der Waals surface area contributed by atoms with Crippen molar-refractivity contribution in [1.82, 2.24) is 15.3 Å². The first-order valence-corrected chi connectivity index (χ1v) is 7.22. The molecule has 0 spiro atoms. The maximum atomic E-state index is 13.9. The zero-order valence-corrected chi connectivity index (χ0v) is 13.2. The Kier molecular flexibility index (Phi) is 4.91. The molecule has 1 N–H and O–H groups in total. The largest absolute Gasteiger partial charge is 0.306 e. The monoisotopic (exact) mass is 307 g/mol. The highest BCUT2D eigenvalue weighted by molar-refractivity contribution is 6.30. The second-order valence-electron chi connectivity index (χ2n) is 5.96. The van der Waals surface area contributed by atoms with E-state index in [-0.39, 0.29) is 10.6 Å². The molecule has 0 saturated heterocycles. The zero-order chi connectivity index (χ0) is 15.5. The van der Waals surface area contributed by atoms with Gasteiger partial charge in [-0.25, -0.2) is 14.4 Å². The van der Waals surface area contributed by atoms with Crippen molar-refractivity contribution in [3.8, 4) is 0 Å². The number of rotatable bonds is 4. The predicted molar refractivity (Wildman–Crippen MR) is 82.8 cm³/mol. The lowest BCUT2D eigenvalue weighted by Gasteiger charge is -2.20. The molecule has 21 heavy (non-hydrogen) atoms. The lowest BCUT2D eigenvalue weighted by molar-refractivity contribution is 0.420. The van der Waals surface area contributed by atoms with E-state index in [9.17, 15) is 4.39 Å². The van der Waals surface area contributed by atoms with Crippen LogP contribution in [0.25, 0.3) is 0 Å². The summed E-state index contributed by atoms with van der Waals surface area (Å²) < 4.78 is 13.9. The molecule has 0 fully saturated rings. The third kappa shape index (κ3) is 4.76. The standard InChI is InChI=1S/C16H19ClFN3/c1-16(2,3)20-10-12-7-8-19-14(21-12)9-11-5-4-6-13(17)15(11)18/h4-8,20H,9-10H2,1-3H3. The summed E-state index contributed by atoms with van der Waals surface area (Å²) in [7, 11) is 0. The summed E-state index contributed by atoms with van der Waals surface area (Å²) in [5.41, 5.74) is 1.41. The van der Waals surface area contributed by atoms with Crippen molar-refractivity contribution >= 4 is 11.6 Å². The van der Waals surface area contributed by atoms with Crippen LogP contribution < -0.4 is 5.32 Å². The van der Waals surface area contributed by atoms with Crippen LogP contribution in [0.1, 0.15) is 37.9 Å². The van der Waals surface area contributed by atoms with Crippen LogP contribution in [0.5, 0.6) is 0 Å². The molecule has 1 aromatic carbocycles. The first kappa shape index (κ1) is 15.9. The maximum absolute atomic E-state index is 13.9. The maximum Gasteiger partial charge on any atom is 0.145 e. The summed E-state index contributed by atoms with van der Waals surface area (Å²) in [6.45, 7) is 6.93. The van der Waals surface area contributed by atoms with Crippen LogP contribution in [0.4, 0.5) is 4.39 Å². The Hall–Kier alpha value is -1.52. The van der Waals surface area contributed by atoms with E-state index < -0.39 is 5.82 Å². The molecule has 0 bridgehead atoms. The van der Waals surface area contributed by atoms with Crippen molar-refractivity contribution in [2.24, 2.45) is 0 Å². The molecule has 0 aliphatic heterocycles. The van der Waals surface area contributed by atoms with Gasteiger partial charge in [0.1, 0.15) is 11.6 Å². The average Bonchev–Trinajstić information content (AvgIpc) is 2.41. The smallest absolute Gasteiger partial charge is 0.145 e. The topological polar surface area (TPSA) is 37.8 Å². The Bertz CT molecular complexity index is 623. The fourth-order valence-corrected chi connectivity index (χ4v) is 2.03. The van der Waals surface area contributed by atoms with Crippen LogP contribution in [-0.2, 0) is 13.0 Å². The first-order valence-electron chi connectivity index (χ1n) is 6.84. The van der Waals surface area contributed by atoms with E-state index in [1.807, 2.05) is 6.07 Å². The quantitative estimate of drug-likeness (QED) is 0.935. The zero-order valence-electron chi connectivity index (χ0n) is 12.5. The minimum absolute atomic E-state index is 0.0180. The van der Waals surface area contributed by atoms with Crippen molar-refractivity contribution in [2.75, 3.05) is 0 Å². The van der Waals surface area contributed by atoms with Crippen molar-refractivity contribution < 1.29 is 4.39 Å². The summed E-state index contributed by atoms with van der Waals surface area (Å²) in [5, 5.41) is 3.49. The van der Waals surface area contributed by atoms with Gasteiger partial charge in [-0.05, 0) is 38.5 Å². The second kappa shape index (κ2) is 6.50. The minimum Gasteiger partial charge on any atom is -0.306 e. The number of halogens is 2. The molecule has 5 heteroatoms. The molecule has 2 aromatic rings. The Morgan fingerprint density at radius 1 is 1.24 bits per heavy atom. The van der Waals surface area contributed by atoms with Gasteiger partial charge in [-0.3, -0.25) is 0 Å². The molecule has 0 aliphatic carbocycles. The molecule has 3 nitrogen and oxygen atoms in total. The van der Waals surface area contributed by atoms with Crippen LogP contribution in [0.3, 0.4) is 0 Å². The molecule has 0 saturated carbocycles. The Morgan fingerprint density at radius 3 is 2.71 bits per heavy atom. The Labute approximate surface area is 129 Å². The van der Waals surface area contributed by atoms with Gasteiger partial charge >= 0.3 is 0 Å². The second-order valence-corrected chi connectivity index (χ2v) is 6.36. The molecule has 1 heterocycles. The number of benzene rings is 1. The van der Waals surface area contributed by atoms with Crippen molar-refractivity contribution in [1.29, 1.82) is 0 Å². The van der Waals surface area contributed by atoms with Gasteiger partial charge in [-0.2, -0.15) is 0 Å². The Balaban J connectivity index is 2.12. The van der Waals surface area contributed by atoms with Gasteiger partial charge < -0.3 is 5.32 Å². The van der Waals surface area contributed by atoms with Crippen molar-refractivity contribution in [2.45, 2.75) is 39.3 Å². The van der Waals surface area contributed by atoms with Gasteiger partial charge in [0.2, 0.25) is 0 Å². The molecule has 0 radical (unpaired) electrons. The highest BCUT2D eigenvalue weighted by Crippen LogP contribution is 2.19. The van der Waals surface area contributed by atoms with E-state index in [0.29, 0.717) is 24.4 Å². The predicted octanol–water partition coefficient (Wildman–Crippen LogP) is 3.75. The molecular formula is C16H19ClFN3. The van der Waals surface area contributed by atoms with E-state index in [1.165, 1.54) is 6.07 Å². The molecular weight excluding hydrogens is 289 g/mol. The average molecular weight is 308 g/mol. The number of hydrogen-bond acceptors (Lipinski definition) is 3. The molecule has 0 aliphatic rings. The normalized spacial score (nSPS) is 11.7. The number of nitrogens with zero attached hydrogens (tertiary/aromatic N) is 2. The van der Waals surface area contributed by atoms with Crippen LogP contribution in [0.15, 0.2) is 30.5 Å². The van der Waals surface area contributed by atoms with Crippen molar-refractivity contribution in [3.63, 3.8) is 0 Å². The van der Waals surface area contributed by atoms with E-state index in [0.717, 1.165) is 5.69 Å². The van der Waals surface area contributed by atoms with Gasteiger partial charge in [0.15, 0.2) is 0 Å².